The summed E-state index contributed by atoms with van der Waals surface area (Å²) in [5.41, 5.74) is 0. The van der Waals surface area contributed by atoms with Gasteiger partial charge < -0.3 is 4.74 Å². The molecule has 0 unspecified atom stereocenters. The molecular formula is C16H17ClOS. The van der Waals surface area contributed by atoms with Crippen LogP contribution in [0.4, 0.5) is 0 Å². The maximum atomic E-state index is 5.85. The molecule has 0 N–H and O–H groups in total. The maximum absolute atomic E-state index is 5.85. The smallest absolute Gasteiger partial charge is 0.119 e. The van der Waals surface area contributed by atoms with Crippen molar-refractivity contribution in [3.8, 4) is 5.75 Å². The molecule has 2 aromatic rings. The lowest BCUT2D eigenvalue weighted by Crippen LogP contribution is -1.97. The van der Waals surface area contributed by atoms with Gasteiger partial charge in [0.05, 0.1) is 6.61 Å². The predicted octanol–water partition coefficient (Wildman–Crippen LogP) is 5.29. The zero-order chi connectivity index (χ0) is 13.3. The van der Waals surface area contributed by atoms with Crippen LogP contribution in [0.3, 0.4) is 0 Å². The van der Waals surface area contributed by atoms with Crippen molar-refractivity contribution in [2.45, 2.75) is 17.7 Å². The highest BCUT2D eigenvalue weighted by molar-refractivity contribution is 7.99. The van der Waals surface area contributed by atoms with Crippen molar-refractivity contribution in [1.29, 1.82) is 0 Å². The van der Waals surface area contributed by atoms with E-state index in [2.05, 4.69) is 12.1 Å². The van der Waals surface area contributed by atoms with Gasteiger partial charge in [-0.3, -0.25) is 0 Å². The molecule has 0 heterocycles. The van der Waals surface area contributed by atoms with E-state index in [1.807, 2.05) is 54.2 Å². The molecular weight excluding hydrogens is 276 g/mol. The third-order valence-electron chi connectivity index (χ3n) is 2.63. The summed E-state index contributed by atoms with van der Waals surface area (Å²) in [6.45, 7) is 0.783. The second-order valence-corrected chi connectivity index (χ2v) is 5.78. The minimum atomic E-state index is 0.783. The number of halogens is 1. The van der Waals surface area contributed by atoms with Crippen LogP contribution in [0.1, 0.15) is 12.8 Å². The molecule has 1 nitrogen and oxygen atoms in total. The molecule has 2 rings (SSSR count). The Balaban J connectivity index is 1.56. The number of thioether (sulfide) groups is 1. The summed E-state index contributed by atoms with van der Waals surface area (Å²) in [5.74, 6) is 2.06. The first-order chi connectivity index (χ1) is 9.34. The Labute approximate surface area is 123 Å². The number of unbranched alkanes of at least 4 members (excludes halogenated alkanes) is 1. The molecule has 0 aliphatic heterocycles. The number of benzene rings is 2. The van der Waals surface area contributed by atoms with Crippen molar-refractivity contribution < 1.29 is 4.74 Å². The Bertz CT molecular complexity index is 470. The average Bonchev–Trinajstić information content (AvgIpc) is 2.46. The van der Waals surface area contributed by atoms with Crippen molar-refractivity contribution in [1.82, 2.24) is 0 Å². The van der Waals surface area contributed by atoms with E-state index in [-0.39, 0.29) is 0 Å². The minimum Gasteiger partial charge on any atom is -0.494 e. The number of rotatable bonds is 7. The van der Waals surface area contributed by atoms with E-state index < -0.39 is 0 Å². The highest BCUT2D eigenvalue weighted by Gasteiger charge is 1.96. The van der Waals surface area contributed by atoms with Crippen LogP contribution in [0, 0.1) is 0 Å². The van der Waals surface area contributed by atoms with Gasteiger partial charge in [-0.25, -0.2) is 0 Å². The predicted molar refractivity (Wildman–Crippen MR) is 83.3 cm³/mol. The summed E-state index contributed by atoms with van der Waals surface area (Å²) in [7, 11) is 0. The normalized spacial score (nSPS) is 10.4. The van der Waals surface area contributed by atoms with E-state index in [1.54, 1.807) is 0 Å². The van der Waals surface area contributed by atoms with Crippen LogP contribution >= 0.6 is 23.4 Å². The fraction of sp³-hybridized carbons (Fsp3) is 0.250. The van der Waals surface area contributed by atoms with Gasteiger partial charge in [0.25, 0.3) is 0 Å². The molecule has 0 radical (unpaired) electrons. The van der Waals surface area contributed by atoms with E-state index in [0.29, 0.717) is 0 Å². The lowest BCUT2D eigenvalue weighted by molar-refractivity contribution is 0.310. The van der Waals surface area contributed by atoms with Crippen LogP contribution in [-0.4, -0.2) is 12.4 Å². The summed E-state index contributed by atoms with van der Waals surface area (Å²) in [6.07, 6.45) is 2.23. The summed E-state index contributed by atoms with van der Waals surface area (Å²) in [6, 6.07) is 17.9. The molecule has 0 fully saturated rings. The van der Waals surface area contributed by atoms with Crippen molar-refractivity contribution in [2.75, 3.05) is 12.4 Å². The Morgan fingerprint density at radius 2 is 1.63 bits per heavy atom. The van der Waals surface area contributed by atoms with Gasteiger partial charge in [0.15, 0.2) is 0 Å². The van der Waals surface area contributed by atoms with E-state index in [4.69, 9.17) is 16.3 Å². The van der Waals surface area contributed by atoms with Crippen molar-refractivity contribution >= 4 is 23.4 Å². The standard InChI is InChI=1S/C16H17ClOS/c17-14-8-10-16(11-9-14)19-13-5-4-12-18-15-6-2-1-3-7-15/h1-3,6-11H,4-5,12-13H2. The van der Waals surface area contributed by atoms with Crippen molar-refractivity contribution in [2.24, 2.45) is 0 Å². The van der Waals surface area contributed by atoms with E-state index >= 15 is 0 Å². The van der Waals surface area contributed by atoms with Crippen molar-refractivity contribution in [3.63, 3.8) is 0 Å². The number of hydrogen-bond donors (Lipinski definition) is 0. The zero-order valence-corrected chi connectivity index (χ0v) is 12.3. The highest BCUT2D eigenvalue weighted by Crippen LogP contribution is 2.21. The second-order valence-electron chi connectivity index (χ2n) is 4.17. The van der Waals surface area contributed by atoms with Gasteiger partial charge in [-0.15, -0.1) is 11.8 Å². The second kappa shape index (κ2) is 8.13. The molecule has 19 heavy (non-hydrogen) atoms. The monoisotopic (exact) mass is 292 g/mol. The maximum Gasteiger partial charge on any atom is 0.119 e. The molecule has 0 aromatic heterocycles. The molecule has 0 aliphatic carbocycles. The molecule has 0 atom stereocenters. The Morgan fingerprint density at radius 1 is 0.895 bits per heavy atom. The van der Waals surface area contributed by atoms with Crippen LogP contribution in [0.25, 0.3) is 0 Å². The SMILES string of the molecule is Clc1ccc(SCCCCOc2ccccc2)cc1. The van der Waals surface area contributed by atoms with Crippen LogP contribution in [-0.2, 0) is 0 Å². The van der Waals surface area contributed by atoms with Gasteiger partial charge in [-0.05, 0) is 55.0 Å². The van der Waals surface area contributed by atoms with Crippen LogP contribution in [0.15, 0.2) is 59.5 Å². The molecule has 100 valence electrons. The van der Waals surface area contributed by atoms with Gasteiger partial charge in [0.2, 0.25) is 0 Å². The zero-order valence-electron chi connectivity index (χ0n) is 10.7. The number of ether oxygens (including phenoxy) is 1. The van der Waals surface area contributed by atoms with E-state index in [9.17, 15) is 0 Å². The topological polar surface area (TPSA) is 9.23 Å². The molecule has 0 bridgehead atoms. The summed E-state index contributed by atoms with van der Waals surface area (Å²) < 4.78 is 5.65. The third-order valence-corrected chi connectivity index (χ3v) is 3.98. The molecule has 0 spiro atoms. The van der Waals surface area contributed by atoms with Crippen LogP contribution in [0.2, 0.25) is 5.02 Å². The molecule has 3 heteroatoms. The van der Waals surface area contributed by atoms with Crippen LogP contribution in [0.5, 0.6) is 5.75 Å². The highest BCUT2D eigenvalue weighted by atomic mass is 35.5. The first-order valence-electron chi connectivity index (χ1n) is 6.41. The first-order valence-corrected chi connectivity index (χ1v) is 7.77. The lowest BCUT2D eigenvalue weighted by Gasteiger charge is -2.05. The van der Waals surface area contributed by atoms with Gasteiger partial charge in [0, 0.05) is 9.92 Å². The summed E-state index contributed by atoms with van der Waals surface area (Å²) in [5, 5.41) is 0.792. The minimum absolute atomic E-state index is 0.783. The summed E-state index contributed by atoms with van der Waals surface area (Å²) in [4.78, 5) is 1.27. The van der Waals surface area contributed by atoms with Gasteiger partial charge >= 0.3 is 0 Å². The van der Waals surface area contributed by atoms with E-state index in [1.165, 1.54) is 4.90 Å². The largest absolute Gasteiger partial charge is 0.494 e. The molecule has 0 saturated carbocycles. The number of para-hydroxylation sites is 1. The van der Waals surface area contributed by atoms with Gasteiger partial charge in [-0.2, -0.15) is 0 Å². The Morgan fingerprint density at radius 3 is 2.37 bits per heavy atom. The molecule has 2 aromatic carbocycles. The van der Waals surface area contributed by atoms with Crippen molar-refractivity contribution in [3.05, 3.63) is 59.6 Å². The Hall–Kier alpha value is -1.12. The first kappa shape index (κ1) is 14.3. The quantitative estimate of drug-likeness (QED) is 0.506. The molecule has 0 aliphatic rings. The van der Waals surface area contributed by atoms with Gasteiger partial charge in [0.1, 0.15) is 5.75 Å². The van der Waals surface area contributed by atoms with E-state index in [0.717, 1.165) is 36.0 Å². The lowest BCUT2D eigenvalue weighted by atomic mass is 10.3. The van der Waals surface area contributed by atoms with Crippen LogP contribution < -0.4 is 4.74 Å². The fourth-order valence-corrected chi connectivity index (χ4v) is 2.67. The number of hydrogen-bond acceptors (Lipinski definition) is 2. The fourth-order valence-electron chi connectivity index (χ4n) is 1.63. The Kier molecular flexibility index (Phi) is 6.12. The van der Waals surface area contributed by atoms with Gasteiger partial charge in [-0.1, -0.05) is 29.8 Å². The third kappa shape index (κ3) is 5.58. The molecule has 0 amide bonds. The summed E-state index contributed by atoms with van der Waals surface area (Å²) >= 11 is 7.71. The average molecular weight is 293 g/mol. The molecule has 0 saturated heterocycles.